The number of rotatable bonds is 8. The highest BCUT2D eigenvalue weighted by Crippen LogP contribution is 2.29. The van der Waals surface area contributed by atoms with Crippen molar-refractivity contribution in [2.24, 2.45) is 0 Å². The lowest BCUT2D eigenvalue weighted by Crippen LogP contribution is -2.46. The number of para-hydroxylation sites is 1. The molecule has 0 unspecified atom stereocenters. The van der Waals surface area contributed by atoms with Crippen LogP contribution < -0.4 is 10.1 Å². The zero-order chi connectivity index (χ0) is 24.1. The number of likely N-dealkylation sites (tertiary alicyclic amines) is 1. The molecule has 0 radical (unpaired) electrons. The number of aromatic nitrogens is 1. The minimum absolute atomic E-state index is 0.603. The topological polar surface area (TPSA) is 57.6 Å². The number of benzene rings is 3. The highest BCUT2D eigenvalue weighted by Gasteiger charge is 2.32. The fraction of sp³-hybridized carbons (Fsp3) is 0.300. The monoisotopic (exact) mass is 467 g/mol. The van der Waals surface area contributed by atoms with Crippen molar-refractivity contribution in [3.63, 3.8) is 0 Å². The van der Waals surface area contributed by atoms with Gasteiger partial charge in [-0.15, -0.1) is 0 Å². The van der Waals surface area contributed by atoms with E-state index in [1.807, 2.05) is 61.5 Å². The molecule has 0 atom stereocenters. The van der Waals surface area contributed by atoms with Crippen molar-refractivity contribution < 1.29 is 9.84 Å². The Labute approximate surface area is 207 Å². The first-order chi connectivity index (χ1) is 17.1. The van der Waals surface area contributed by atoms with E-state index < -0.39 is 5.60 Å². The number of aryl methyl sites for hydroxylation is 1. The first-order valence-corrected chi connectivity index (χ1v) is 12.4. The zero-order valence-electron chi connectivity index (χ0n) is 20.3. The summed E-state index contributed by atoms with van der Waals surface area (Å²) in [6.07, 6.45) is 2.31. The van der Waals surface area contributed by atoms with Gasteiger partial charge in [-0.1, -0.05) is 54.6 Å². The van der Waals surface area contributed by atoms with Crippen molar-refractivity contribution in [2.75, 3.05) is 31.6 Å². The quantitative estimate of drug-likeness (QED) is 0.346. The lowest BCUT2D eigenvalue weighted by atomic mass is 9.85. The first kappa shape index (κ1) is 23.3. The van der Waals surface area contributed by atoms with Crippen LogP contribution in [0.4, 0.5) is 11.4 Å². The Morgan fingerprint density at radius 2 is 1.71 bits per heavy atom. The SMILES string of the molecule is Cc1cc(Nc2cccc(OCCN3CCC(O)(Cc4ccccc4)CC3)c2)c2ccccc2n1. The summed E-state index contributed by atoms with van der Waals surface area (Å²) in [5.41, 5.74) is 4.60. The molecule has 35 heavy (non-hydrogen) atoms. The van der Waals surface area contributed by atoms with Gasteiger partial charge in [-0.25, -0.2) is 0 Å². The molecule has 0 aliphatic carbocycles. The summed E-state index contributed by atoms with van der Waals surface area (Å²) in [6, 6.07) is 28.6. The van der Waals surface area contributed by atoms with Gasteiger partial charge < -0.3 is 15.2 Å². The van der Waals surface area contributed by atoms with Crippen LogP contribution in [-0.2, 0) is 6.42 Å². The molecule has 1 aliphatic rings. The van der Waals surface area contributed by atoms with E-state index in [0.29, 0.717) is 6.61 Å². The molecule has 2 heterocycles. The summed E-state index contributed by atoms with van der Waals surface area (Å²) < 4.78 is 6.09. The summed E-state index contributed by atoms with van der Waals surface area (Å²) in [4.78, 5) is 7.01. The molecule has 4 aromatic rings. The highest BCUT2D eigenvalue weighted by atomic mass is 16.5. The Morgan fingerprint density at radius 1 is 0.943 bits per heavy atom. The molecular weight excluding hydrogens is 434 g/mol. The van der Waals surface area contributed by atoms with Crippen LogP contribution in [0, 0.1) is 6.92 Å². The van der Waals surface area contributed by atoms with E-state index in [-0.39, 0.29) is 0 Å². The molecule has 1 saturated heterocycles. The summed E-state index contributed by atoms with van der Waals surface area (Å²) in [5.74, 6) is 0.850. The van der Waals surface area contributed by atoms with Crippen LogP contribution in [-0.4, -0.2) is 46.8 Å². The molecule has 5 nitrogen and oxygen atoms in total. The van der Waals surface area contributed by atoms with Crippen LogP contribution in [0.15, 0.2) is 84.9 Å². The molecule has 0 amide bonds. The molecule has 0 bridgehead atoms. The summed E-state index contributed by atoms with van der Waals surface area (Å²) >= 11 is 0. The minimum Gasteiger partial charge on any atom is -0.492 e. The van der Waals surface area contributed by atoms with E-state index in [9.17, 15) is 5.11 Å². The molecule has 0 spiro atoms. The molecule has 1 aromatic heterocycles. The van der Waals surface area contributed by atoms with Crippen LogP contribution in [0.25, 0.3) is 10.9 Å². The number of anilines is 2. The second-order valence-corrected chi connectivity index (χ2v) is 9.56. The van der Waals surface area contributed by atoms with Gasteiger partial charge in [0.15, 0.2) is 0 Å². The van der Waals surface area contributed by atoms with E-state index in [1.165, 1.54) is 5.56 Å². The van der Waals surface area contributed by atoms with Gasteiger partial charge in [0.25, 0.3) is 0 Å². The number of piperidine rings is 1. The van der Waals surface area contributed by atoms with Crippen molar-refractivity contribution in [2.45, 2.75) is 31.8 Å². The number of hydrogen-bond donors (Lipinski definition) is 2. The number of fused-ring (bicyclic) bond motifs is 1. The minimum atomic E-state index is -0.603. The number of nitrogens with one attached hydrogen (secondary N) is 1. The molecule has 1 fully saturated rings. The van der Waals surface area contributed by atoms with E-state index in [4.69, 9.17) is 4.74 Å². The molecule has 2 N–H and O–H groups in total. The second kappa shape index (κ2) is 10.5. The van der Waals surface area contributed by atoms with Gasteiger partial charge in [-0.05, 0) is 49.6 Å². The second-order valence-electron chi connectivity index (χ2n) is 9.56. The molecule has 5 heteroatoms. The van der Waals surface area contributed by atoms with Crippen LogP contribution in [0.1, 0.15) is 24.1 Å². The summed E-state index contributed by atoms with van der Waals surface area (Å²) in [7, 11) is 0. The van der Waals surface area contributed by atoms with Gasteiger partial charge in [-0.3, -0.25) is 9.88 Å². The maximum Gasteiger partial charge on any atom is 0.121 e. The number of ether oxygens (including phenoxy) is 1. The Balaban J connectivity index is 1.13. The molecule has 0 saturated carbocycles. The molecule has 3 aromatic carbocycles. The van der Waals surface area contributed by atoms with E-state index >= 15 is 0 Å². The standard InChI is InChI=1S/C30H33N3O2/c1-23-20-29(27-12-5-6-13-28(27)31-23)32-25-10-7-11-26(21-25)35-19-18-33-16-14-30(34,15-17-33)22-24-8-3-2-4-9-24/h2-13,20-21,34H,14-19,22H2,1H3,(H,31,32). The Hall–Kier alpha value is -3.41. The highest BCUT2D eigenvalue weighted by molar-refractivity contribution is 5.93. The number of nitrogens with zero attached hydrogens (tertiary/aromatic N) is 2. The van der Waals surface area contributed by atoms with Gasteiger partial charge in [-0.2, -0.15) is 0 Å². The maximum atomic E-state index is 11.0. The van der Waals surface area contributed by atoms with Gasteiger partial charge in [0, 0.05) is 54.6 Å². The van der Waals surface area contributed by atoms with Crippen LogP contribution in [0.3, 0.4) is 0 Å². The van der Waals surface area contributed by atoms with Crippen molar-refractivity contribution in [1.82, 2.24) is 9.88 Å². The molecule has 180 valence electrons. The first-order valence-electron chi connectivity index (χ1n) is 12.4. The smallest absolute Gasteiger partial charge is 0.121 e. The number of aliphatic hydroxyl groups is 1. The number of hydrogen-bond acceptors (Lipinski definition) is 5. The molecular formula is C30H33N3O2. The average Bonchev–Trinajstić information content (AvgIpc) is 2.86. The van der Waals surface area contributed by atoms with Crippen LogP contribution in [0.2, 0.25) is 0 Å². The Bertz CT molecular complexity index is 1270. The van der Waals surface area contributed by atoms with E-state index in [2.05, 4.69) is 45.5 Å². The van der Waals surface area contributed by atoms with Crippen molar-refractivity contribution in [3.8, 4) is 5.75 Å². The lowest BCUT2D eigenvalue weighted by Gasteiger charge is -2.38. The zero-order valence-corrected chi connectivity index (χ0v) is 20.3. The summed E-state index contributed by atoms with van der Waals surface area (Å²) in [6.45, 7) is 5.27. The van der Waals surface area contributed by atoms with Gasteiger partial charge >= 0.3 is 0 Å². The third-order valence-electron chi connectivity index (χ3n) is 6.80. The van der Waals surface area contributed by atoms with Gasteiger partial charge in [0.2, 0.25) is 0 Å². The predicted molar refractivity (Wildman–Crippen MR) is 142 cm³/mol. The molecule has 5 rings (SSSR count). The van der Waals surface area contributed by atoms with Crippen LogP contribution >= 0.6 is 0 Å². The van der Waals surface area contributed by atoms with E-state index in [1.54, 1.807) is 0 Å². The van der Waals surface area contributed by atoms with Crippen molar-refractivity contribution >= 4 is 22.3 Å². The average molecular weight is 468 g/mol. The largest absolute Gasteiger partial charge is 0.492 e. The number of pyridine rings is 1. The fourth-order valence-corrected chi connectivity index (χ4v) is 4.87. The van der Waals surface area contributed by atoms with E-state index in [0.717, 1.165) is 72.6 Å². The molecule has 1 aliphatic heterocycles. The third-order valence-corrected chi connectivity index (χ3v) is 6.80. The Kier molecular flexibility index (Phi) is 6.98. The maximum absolute atomic E-state index is 11.0. The van der Waals surface area contributed by atoms with Crippen LogP contribution in [0.5, 0.6) is 5.75 Å². The third kappa shape index (κ3) is 5.99. The lowest BCUT2D eigenvalue weighted by molar-refractivity contribution is -0.0226. The normalized spacial score (nSPS) is 15.7. The summed E-state index contributed by atoms with van der Waals surface area (Å²) in [5, 5.41) is 15.6. The predicted octanol–water partition coefficient (Wildman–Crippen LogP) is 5.74. The van der Waals surface area contributed by atoms with Gasteiger partial charge in [0.1, 0.15) is 12.4 Å². The Morgan fingerprint density at radius 3 is 2.54 bits per heavy atom. The van der Waals surface area contributed by atoms with Crippen molar-refractivity contribution in [1.29, 1.82) is 0 Å². The van der Waals surface area contributed by atoms with Gasteiger partial charge in [0.05, 0.1) is 11.1 Å². The fourth-order valence-electron chi connectivity index (χ4n) is 4.87. The van der Waals surface area contributed by atoms with Crippen molar-refractivity contribution in [3.05, 3.63) is 96.2 Å².